The van der Waals surface area contributed by atoms with E-state index in [1.807, 2.05) is 6.07 Å². The summed E-state index contributed by atoms with van der Waals surface area (Å²) in [5, 5.41) is 9.45. The average Bonchev–Trinajstić information content (AvgIpc) is 3.09. The van der Waals surface area contributed by atoms with Crippen molar-refractivity contribution in [2.45, 2.75) is 36.4 Å². The molecule has 0 saturated carbocycles. The molecule has 0 unspecified atom stereocenters. The van der Waals surface area contributed by atoms with Gasteiger partial charge in [-0.25, -0.2) is 14.6 Å². The third-order valence-electron chi connectivity index (χ3n) is 2.90. The van der Waals surface area contributed by atoms with Gasteiger partial charge in [-0.05, 0) is 30.0 Å². The zero-order valence-electron chi connectivity index (χ0n) is 12.5. The first-order chi connectivity index (χ1) is 10.4. The Labute approximate surface area is 131 Å². The second-order valence-electron chi connectivity index (χ2n) is 5.72. The van der Waals surface area contributed by atoms with Gasteiger partial charge in [-0.1, -0.05) is 20.8 Å². The molecule has 22 heavy (non-hydrogen) atoms. The van der Waals surface area contributed by atoms with Crippen LogP contribution in [0.1, 0.15) is 26.6 Å². The summed E-state index contributed by atoms with van der Waals surface area (Å²) >= 11 is 1.33. The molecule has 0 aliphatic heterocycles. The Morgan fingerprint density at radius 1 is 1.23 bits per heavy atom. The molecule has 3 heterocycles. The molecular weight excluding hydrogens is 300 g/mol. The number of aromatic nitrogens is 5. The minimum absolute atomic E-state index is 0.119. The van der Waals surface area contributed by atoms with Gasteiger partial charge in [0.25, 0.3) is 0 Å². The number of rotatable bonds is 3. The predicted molar refractivity (Wildman–Crippen MR) is 82.7 cm³/mol. The maximum Gasteiger partial charge on any atom is 0.218 e. The van der Waals surface area contributed by atoms with Gasteiger partial charge in [-0.2, -0.15) is 0 Å². The number of hydrogen-bond donors (Lipinski definition) is 1. The first-order valence-corrected chi connectivity index (χ1v) is 7.52. The zero-order chi connectivity index (χ0) is 15.7. The van der Waals surface area contributed by atoms with Gasteiger partial charge >= 0.3 is 0 Å². The first-order valence-electron chi connectivity index (χ1n) is 6.71. The second kappa shape index (κ2) is 5.45. The van der Waals surface area contributed by atoms with Gasteiger partial charge in [0.2, 0.25) is 11.0 Å². The summed E-state index contributed by atoms with van der Waals surface area (Å²) in [5.41, 5.74) is -0.119. The van der Waals surface area contributed by atoms with Crippen LogP contribution in [0.4, 0.5) is 0 Å². The van der Waals surface area contributed by atoms with Crippen LogP contribution >= 0.6 is 11.8 Å². The molecule has 3 aromatic heterocycles. The number of hydrogen-bond acceptors (Lipinski definition) is 7. The smallest absolute Gasteiger partial charge is 0.218 e. The molecule has 3 aromatic rings. The summed E-state index contributed by atoms with van der Waals surface area (Å²) in [5.74, 6) is 7.84. The molecule has 0 atom stereocenters. The van der Waals surface area contributed by atoms with Crippen LogP contribution in [-0.2, 0) is 5.41 Å². The third-order valence-corrected chi connectivity index (χ3v) is 3.80. The molecule has 2 N–H and O–H groups in total. The van der Waals surface area contributed by atoms with Crippen LogP contribution < -0.4 is 5.84 Å². The van der Waals surface area contributed by atoms with E-state index >= 15 is 0 Å². The summed E-state index contributed by atoms with van der Waals surface area (Å²) in [7, 11) is 0. The summed E-state index contributed by atoms with van der Waals surface area (Å²) in [6, 6.07) is 5.38. The van der Waals surface area contributed by atoms with Crippen LogP contribution in [-0.4, -0.2) is 24.8 Å². The zero-order valence-corrected chi connectivity index (χ0v) is 13.3. The second-order valence-corrected chi connectivity index (χ2v) is 6.71. The van der Waals surface area contributed by atoms with Crippen molar-refractivity contribution >= 4 is 11.8 Å². The van der Waals surface area contributed by atoms with Gasteiger partial charge in [0.1, 0.15) is 10.9 Å². The Bertz CT molecular complexity index is 775. The van der Waals surface area contributed by atoms with E-state index in [4.69, 9.17) is 10.3 Å². The predicted octanol–water partition coefficient (Wildman–Crippen LogP) is 2.49. The van der Waals surface area contributed by atoms with Crippen LogP contribution in [0.2, 0.25) is 0 Å². The van der Waals surface area contributed by atoms with Gasteiger partial charge in [-0.15, -0.1) is 10.2 Å². The van der Waals surface area contributed by atoms with E-state index in [1.165, 1.54) is 16.4 Å². The van der Waals surface area contributed by atoms with Crippen LogP contribution in [0, 0.1) is 0 Å². The molecule has 0 aliphatic carbocycles. The quantitative estimate of drug-likeness (QED) is 0.585. The van der Waals surface area contributed by atoms with E-state index in [2.05, 4.69) is 40.9 Å². The fraction of sp³-hybridized carbons (Fsp3) is 0.286. The molecule has 0 aromatic carbocycles. The lowest BCUT2D eigenvalue weighted by Crippen LogP contribution is -2.16. The van der Waals surface area contributed by atoms with Crippen LogP contribution in [0.5, 0.6) is 0 Å². The van der Waals surface area contributed by atoms with Crippen molar-refractivity contribution in [2.24, 2.45) is 0 Å². The highest BCUT2D eigenvalue weighted by Gasteiger charge is 2.19. The van der Waals surface area contributed by atoms with Crippen LogP contribution in [0.15, 0.2) is 45.3 Å². The molecular formula is C14H16N6OS. The van der Waals surface area contributed by atoms with Crippen molar-refractivity contribution < 1.29 is 4.42 Å². The Balaban J connectivity index is 1.88. The van der Waals surface area contributed by atoms with E-state index < -0.39 is 0 Å². The minimum Gasteiger partial charge on any atom is -0.461 e. The topological polar surface area (TPSA) is 95.7 Å². The fourth-order valence-corrected chi connectivity index (χ4v) is 2.49. The fourth-order valence-electron chi connectivity index (χ4n) is 1.77. The third kappa shape index (κ3) is 2.82. The van der Waals surface area contributed by atoms with Crippen molar-refractivity contribution in [1.82, 2.24) is 24.8 Å². The summed E-state index contributed by atoms with van der Waals surface area (Å²) in [4.78, 5) is 8.85. The Morgan fingerprint density at radius 3 is 2.73 bits per heavy atom. The molecule has 3 rings (SSSR count). The average molecular weight is 316 g/mol. The number of nitrogens with zero attached hydrogens (tertiary/aromatic N) is 5. The van der Waals surface area contributed by atoms with E-state index in [9.17, 15) is 0 Å². The van der Waals surface area contributed by atoms with Gasteiger partial charge in [-0.3, -0.25) is 0 Å². The molecule has 0 aliphatic rings. The van der Waals surface area contributed by atoms with Gasteiger partial charge < -0.3 is 10.3 Å². The van der Waals surface area contributed by atoms with Gasteiger partial charge in [0.15, 0.2) is 5.76 Å². The molecule has 0 radical (unpaired) electrons. The molecule has 7 nitrogen and oxygen atoms in total. The van der Waals surface area contributed by atoms with Crippen LogP contribution in [0.25, 0.3) is 11.6 Å². The SMILES string of the molecule is CC(C)(C)c1nccc(Sc2nnc(-c3ccco3)n2N)n1. The van der Waals surface area contributed by atoms with Gasteiger partial charge in [0.05, 0.1) is 6.26 Å². The Morgan fingerprint density at radius 2 is 2.05 bits per heavy atom. The highest BCUT2D eigenvalue weighted by Crippen LogP contribution is 2.28. The van der Waals surface area contributed by atoms with Crippen molar-refractivity contribution in [1.29, 1.82) is 0 Å². The molecule has 0 saturated heterocycles. The molecule has 0 bridgehead atoms. The number of nitrogen functional groups attached to an aromatic ring is 1. The summed E-state index contributed by atoms with van der Waals surface area (Å²) in [6.45, 7) is 6.20. The first kappa shape index (κ1) is 14.6. The largest absolute Gasteiger partial charge is 0.461 e. The normalized spacial score (nSPS) is 11.8. The number of furan rings is 1. The summed E-state index contributed by atoms with van der Waals surface area (Å²) < 4.78 is 6.68. The Hall–Kier alpha value is -2.35. The van der Waals surface area contributed by atoms with Crippen LogP contribution in [0.3, 0.4) is 0 Å². The maximum absolute atomic E-state index is 6.03. The molecule has 0 amide bonds. The minimum atomic E-state index is -0.119. The highest BCUT2D eigenvalue weighted by atomic mass is 32.2. The van der Waals surface area contributed by atoms with E-state index in [-0.39, 0.29) is 5.41 Å². The van der Waals surface area contributed by atoms with Crippen molar-refractivity contribution in [3.05, 3.63) is 36.5 Å². The standard InChI is InChI=1S/C14H16N6OS/c1-14(2,3)12-16-7-6-10(17-12)22-13-19-18-11(20(13)15)9-5-4-8-21-9/h4-8H,15H2,1-3H3. The summed E-state index contributed by atoms with van der Waals surface area (Å²) in [6.07, 6.45) is 3.30. The van der Waals surface area contributed by atoms with E-state index in [1.54, 1.807) is 24.6 Å². The highest BCUT2D eigenvalue weighted by molar-refractivity contribution is 7.99. The van der Waals surface area contributed by atoms with Gasteiger partial charge in [0, 0.05) is 11.6 Å². The van der Waals surface area contributed by atoms with E-state index in [0.717, 1.165) is 10.9 Å². The monoisotopic (exact) mass is 316 g/mol. The molecule has 114 valence electrons. The molecule has 8 heteroatoms. The molecule has 0 fully saturated rings. The Kier molecular flexibility index (Phi) is 3.61. The lowest BCUT2D eigenvalue weighted by Gasteiger charge is -2.16. The van der Waals surface area contributed by atoms with E-state index in [0.29, 0.717) is 16.7 Å². The maximum atomic E-state index is 6.03. The van der Waals surface area contributed by atoms with Crippen molar-refractivity contribution in [3.8, 4) is 11.6 Å². The van der Waals surface area contributed by atoms with Crippen molar-refractivity contribution in [2.75, 3.05) is 5.84 Å². The number of nitrogens with two attached hydrogens (primary N) is 1. The lowest BCUT2D eigenvalue weighted by atomic mass is 9.96. The van der Waals surface area contributed by atoms with Crippen molar-refractivity contribution in [3.63, 3.8) is 0 Å². The lowest BCUT2D eigenvalue weighted by molar-refractivity contribution is 0.538. The molecule has 0 spiro atoms.